The Morgan fingerprint density at radius 2 is 2.29 bits per heavy atom. The first-order valence-electron chi connectivity index (χ1n) is 6.09. The number of rotatable bonds is 4. The van der Waals surface area contributed by atoms with Gasteiger partial charge in [-0.25, -0.2) is 0 Å². The fourth-order valence-electron chi connectivity index (χ4n) is 1.98. The van der Waals surface area contributed by atoms with Crippen LogP contribution < -0.4 is 5.32 Å². The van der Waals surface area contributed by atoms with Crippen LogP contribution in [0.5, 0.6) is 0 Å². The van der Waals surface area contributed by atoms with Crippen LogP contribution in [0.15, 0.2) is 4.52 Å². The molecule has 5 nitrogen and oxygen atoms in total. The van der Waals surface area contributed by atoms with Crippen molar-refractivity contribution < 1.29 is 14.4 Å². The predicted molar refractivity (Wildman–Crippen MR) is 61.7 cm³/mol. The summed E-state index contributed by atoms with van der Waals surface area (Å²) in [5, 5.41) is 15.5. The predicted octanol–water partition coefficient (Wildman–Crippen LogP) is 0.912. The Morgan fingerprint density at radius 3 is 3.06 bits per heavy atom. The number of nitrogens with zero attached hydrogens (tertiary/aromatic N) is 1. The third-order valence-electron chi connectivity index (χ3n) is 3.09. The third-order valence-corrected chi connectivity index (χ3v) is 3.09. The highest BCUT2D eigenvalue weighted by molar-refractivity contribution is 5.93. The molecule has 0 spiro atoms. The first-order valence-corrected chi connectivity index (χ1v) is 6.09. The summed E-state index contributed by atoms with van der Waals surface area (Å²) in [7, 11) is 0. The highest BCUT2D eigenvalue weighted by Gasteiger charge is 2.23. The maximum absolute atomic E-state index is 11.9. The van der Waals surface area contributed by atoms with Gasteiger partial charge < -0.3 is 14.9 Å². The van der Waals surface area contributed by atoms with E-state index in [4.69, 9.17) is 9.63 Å². The van der Waals surface area contributed by atoms with Crippen molar-refractivity contribution in [3.63, 3.8) is 0 Å². The lowest BCUT2D eigenvalue weighted by Crippen LogP contribution is -2.30. The first-order chi connectivity index (χ1) is 8.22. The summed E-state index contributed by atoms with van der Waals surface area (Å²) >= 11 is 0. The lowest BCUT2D eigenvalue weighted by Gasteiger charge is -2.11. The molecule has 0 bridgehead atoms. The average molecular weight is 238 g/mol. The molecular formula is C12H18N2O3. The minimum Gasteiger partial charge on any atom is -0.396 e. The molecule has 0 fully saturated rings. The van der Waals surface area contributed by atoms with E-state index >= 15 is 0 Å². The zero-order chi connectivity index (χ0) is 12.3. The van der Waals surface area contributed by atoms with E-state index in [0.29, 0.717) is 12.2 Å². The number of hydrogen-bond acceptors (Lipinski definition) is 4. The topological polar surface area (TPSA) is 75.4 Å². The van der Waals surface area contributed by atoms with Crippen LogP contribution >= 0.6 is 0 Å². The lowest BCUT2D eigenvalue weighted by atomic mass is 9.96. The number of fused-ring (bicyclic) bond motifs is 1. The monoisotopic (exact) mass is 238 g/mol. The molecule has 5 heteroatoms. The van der Waals surface area contributed by atoms with Crippen LogP contribution in [0.1, 0.15) is 41.6 Å². The molecule has 1 aliphatic rings. The van der Waals surface area contributed by atoms with E-state index in [1.54, 1.807) is 0 Å². The average Bonchev–Trinajstić information content (AvgIpc) is 2.79. The largest absolute Gasteiger partial charge is 0.396 e. The second-order valence-corrected chi connectivity index (χ2v) is 4.64. The van der Waals surface area contributed by atoms with Crippen molar-refractivity contribution in [3.05, 3.63) is 17.0 Å². The normalized spacial score (nSPS) is 16.4. The summed E-state index contributed by atoms with van der Waals surface area (Å²) in [6.45, 7) is 2.40. The molecule has 0 aromatic carbocycles. The van der Waals surface area contributed by atoms with E-state index in [1.165, 1.54) is 0 Å². The number of aliphatic hydroxyl groups is 1. The van der Waals surface area contributed by atoms with Gasteiger partial charge in [-0.3, -0.25) is 4.79 Å². The Hall–Kier alpha value is -1.36. The summed E-state index contributed by atoms with van der Waals surface area (Å²) in [4.78, 5) is 11.9. The maximum atomic E-state index is 11.9. The van der Waals surface area contributed by atoms with Crippen LogP contribution in [0.2, 0.25) is 0 Å². The number of amides is 1. The molecule has 0 saturated heterocycles. The van der Waals surface area contributed by atoms with Crippen molar-refractivity contribution in [1.29, 1.82) is 0 Å². The van der Waals surface area contributed by atoms with Crippen LogP contribution in [0.4, 0.5) is 0 Å². The molecule has 0 saturated carbocycles. The van der Waals surface area contributed by atoms with E-state index in [9.17, 15) is 4.79 Å². The fraction of sp³-hybridized carbons (Fsp3) is 0.667. The van der Waals surface area contributed by atoms with E-state index in [-0.39, 0.29) is 18.4 Å². The third kappa shape index (κ3) is 2.66. The fourth-order valence-corrected chi connectivity index (χ4v) is 1.98. The molecule has 94 valence electrons. The Balaban J connectivity index is 2.02. The first kappa shape index (κ1) is 12.1. The number of aliphatic hydroxyl groups excluding tert-OH is 1. The Kier molecular flexibility index (Phi) is 3.78. The maximum Gasteiger partial charge on any atom is 0.273 e. The molecular weight excluding hydrogens is 220 g/mol. The summed E-state index contributed by atoms with van der Waals surface area (Å²) in [6, 6.07) is 0. The molecule has 0 aliphatic heterocycles. The molecule has 17 heavy (non-hydrogen) atoms. The highest BCUT2D eigenvalue weighted by atomic mass is 16.5. The molecule has 1 aromatic rings. The Bertz CT molecular complexity index is 400. The summed E-state index contributed by atoms with van der Waals surface area (Å²) in [6.07, 6.45) is 3.94. The molecule has 1 amide bonds. The van der Waals surface area contributed by atoms with Crippen molar-refractivity contribution in [2.45, 2.75) is 32.6 Å². The highest BCUT2D eigenvalue weighted by Crippen LogP contribution is 2.23. The van der Waals surface area contributed by atoms with Crippen molar-refractivity contribution >= 4 is 5.91 Å². The van der Waals surface area contributed by atoms with Crippen LogP contribution in [0, 0.1) is 5.92 Å². The number of nitrogens with one attached hydrogen (secondary N) is 1. The van der Waals surface area contributed by atoms with Crippen LogP contribution in [-0.4, -0.2) is 29.3 Å². The summed E-state index contributed by atoms with van der Waals surface area (Å²) in [5.74, 6) is 0.718. The van der Waals surface area contributed by atoms with Crippen molar-refractivity contribution in [1.82, 2.24) is 10.5 Å². The van der Waals surface area contributed by atoms with Gasteiger partial charge in [0.05, 0.1) is 0 Å². The van der Waals surface area contributed by atoms with Crippen LogP contribution in [0.3, 0.4) is 0 Å². The van der Waals surface area contributed by atoms with Gasteiger partial charge in [-0.1, -0.05) is 12.1 Å². The summed E-state index contributed by atoms with van der Waals surface area (Å²) < 4.78 is 5.18. The van der Waals surface area contributed by atoms with Crippen LogP contribution in [0.25, 0.3) is 0 Å². The minimum absolute atomic E-state index is 0.0571. The zero-order valence-corrected chi connectivity index (χ0v) is 10.0. The van der Waals surface area contributed by atoms with E-state index < -0.39 is 0 Å². The van der Waals surface area contributed by atoms with Gasteiger partial charge >= 0.3 is 0 Å². The zero-order valence-electron chi connectivity index (χ0n) is 10.0. The molecule has 1 heterocycles. The summed E-state index contributed by atoms with van der Waals surface area (Å²) in [5.41, 5.74) is 1.38. The second-order valence-electron chi connectivity index (χ2n) is 4.64. The minimum atomic E-state index is -0.197. The molecule has 0 radical (unpaired) electrons. The number of aryl methyl sites for hydroxylation is 1. The van der Waals surface area contributed by atoms with Crippen molar-refractivity contribution in [3.8, 4) is 0 Å². The molecule has 2 rings (SSSR count). The van der Waals surface area contributed by atoms with E-state index in [1.807, 2.05) is 6.92 Å². The van der Waals surface area contributed by atoms with Gasteiger partial charge in [0.25, 0.3) is 5.91 Å². The van der Waals surface area contributed by atoms with Gasteiger partial charge in [-0.15, -0.1) is 0 Å². The van der Waals surface area contributed by atoms with E-state index in [2.05, 4.69) is 10.5 Å². The molecule has 1 unspecified atom stereocenters. The number of carbonyl (C=O) groups is 1. The quantitative estimate of drug-likeness (QED) is 0.817. The van der Waals surface area contributed by atoms with Gasteiger partial charge in [0.15, 0.2) is 5.69 Å². The Morgan fingerprint density at radius 1 is 1.53 bits per heavy atom. The Labute approximate surface area is 100 Å². The smallest absolute Gasteiger partial charge is 0.273 e. The van der Waals surface area contributed by atoms with Gasteiger partial charge in [0.1, 0.15) is 5.76 Å². The van der Waals surface area contributed by atoms with Gasteiger partial charge in [0.2, 0.25) is 0 Å². The number of carbonyl (C=O) groups excluding carboxylic acids is 1. The second kappa shape index (κ2) is 5.31. The molecule has 1 atom stereocenters. The molecule has 1 aliphatic carbocycles. The number of aromatic nitrogens is 1. The van der Waals surface area contributed by atoms with Crippen LogP contribution in [-0.2, 0) is 12.8 Å². The van der Waals surface area contributed by atoms with Crippen molar-refractivity contribution in [2.24, 2.45) is 5.92 Å². The van der Waals surface area contributed by atoms with Gasteiger partial charge in [-0.05, 0) is 25.2 Å². The number of hydrogen-bond donors (Lipinski definition) is 2. The molecule has 2 N–H and O–H groups in total. The van der Waals surface area contributed by atoms with Crippen molar-refractivity contribution in [2.75, 3.05) is 13.2 Å². The standard InChI is InChI=1S/C12H18N2O3/c1-8(7-15)6-13-12(16)11-9-4-2-3-5-10(9)17-14-11/h8,15H,2-7H2,1H3,(H,13,16). The van der Waals surface area contributed by atoms with E-state index in [0.717, 1.165) is 37.0 Å². The molecule has 1 aromatic heterocycles. The lowest BCUT2D eigenvalue weighted by molar-refractivity contribution is 0.0932. The van der Waals surface area contributed by atoms with Gasteiger partial charge in [-0.2, -0.15) is 0 Å². The van der Waals surface area contributed by atoms with Gasteiger partial charge in [0, 0.05) is 25.1 Å². The SMILES string of the molecule is CC(CO)CNC(=O)c1noc2c1CCCC2.